The summed E-state index contributed by atoms with van der Waals surface area (Å²) in [4.78, 5) is 21.0. The normalized spacial score (nSPS) is 16.8. The number of benzene rings is 2. The van der Waals surface area contributed by atoms with Crippen molar-refractivity contribution in [3.63, 3.8) is 0 Å². The lowest BCUT2D eigenvalue weighted by Gasteiger charge is -2.23. The van der Waals surface area contributed by atoms with Crippen LogP contribution in [-0.4, -0.2) is 51.1 Å². The van der Waals surface area contributed by atoms with Gasteiger partial charge in [-0.15, -0.1) is 11.8 Å². The number of carbonyl (C=O) groups is 1. The van der Waals surface area contributed by atoms with Crippen molar-refractivity contribution in [3.8, 4) is 0 Å². The Morgan fingerprint density at radius 3 is 2.67 bits per heavy atom. The third kappa shape index (κ3) is 4.54. The third-order valence-corrected chi connectivity index (χ3v) is 7.89. The number of thiazole rings is 1. The fraction of sp³-hybridized carbons (Fsp3) is 0.333. The van der Waals surface area contributed by atoms with Crippen LogP contribution in [0.4, 0.5) is 5.13 Å². The molecule has 1 unspecified atom stereocenters. The van der Waals surface area contributed by atoms with E-state index in [0.717, 1.165) is 22.4 Å². The number of carbonyl (C=O) groups excluding carboxylic acids is 1. The van der Waals surface area contributed by atoms with Gasteiger partial charge in [-0.3, -0.25) is 9.69 Å². The number of rotatable bonds is 6. The molecule has 6 nitrogen and oxygen atoms in total. The van der Waals surface area contributed by atoms with Crippen LogP contribution >= 0.6 is 23.1 Å². The fourth-order valence-corrected chi connectivity index (χ4v) is 5.51. The van der Waals surface area contributed by atoms with Gasteiger partial charge in [-0.1, -0.05) is 11.3 Å². The zero-order valence-electron chi connectivity index (χ0n) is 16.7. The van der Waals surface area contributed by atoms with E-state index in [1.54, 1.807) is 34.9 Å². The summed E-state index contributed by atoms with van der Waals surface area (Å²) in [6.45, 7) is 1.12. The number of anilines is 1. The van der Waals surface area contributed by atoms with Gasteiger partial charge in [-0.25, -0.2) is 13.4 Å². The number of fused-ring (bicyclic) bond motifs is 1. The quantitative estimate of drug-likeness (QED) is 0.510. The van der Waals surface area contributed by atoms with Gasteiger partial charge in [-0.05, 0) is 61.6 Å². The van der Waals surface area contributed by atoms with Crippen LogP contribution in [0.15, 0.2) is 52.3 Å². The molecule has 2 heterocycles. The second-order valence-electron chi connectivity index (χ2n) is 7.18. The van der Waals surface area contributed by atoms with E-state index in [9.17, 15) is 13.2 Å². The van der Waals surface area contributed by atoms with Crippen LogP contribution in [0.25, 0.3) is 10.2 Å². The number of aromatic nitrogens is 1. The van der Waals surface area contributed by atoms with Crippen molar-refractivity contribution >= 4 is 54.2 Å². The number of hydrogen-bond donors (Lipinski definition) is 0. The van der Waals surface area contributed by atoms with Crippen LogP contribution < -0.4 is 4.90 Å². The molecule has 0 radical (unpaired) electrons. The van der Waals surface area contributed by atoms with E-state index in [0.29, 0.717) is 29.4 Å². The predicted octanol–water partition coefficient (Wildman–Crippen LogP) is 4.25. The van der Waals surface area contributed by atoms with Gasteiger partial charge in [0.15, 0.2) is 15.0 Å². The van der Waals surface area contributed by atoms with Crippen molar-refractivity contribution in [2.24, 2.45) is 0 Å². The van der Waals surface area contributed by atoms with Crippen LogP contribution in [0.2, 0.25) is 0 Å². The first kappa shape index (κ1) is 21.3. The Balaban J connectivity index is 1.71. The lowest BCUT2D eigenvalue weighted by atomic mass is 10.2. The number of thioether (sulfide) groups is 1. The zero-order chi connectivity index (χ0) is 21.3. The summed E-state index contributed by atoms with van der Waals surface area (Å²) in [7, 11) is -3.31. The molecule has 30 heavy (non-hydrogen) atoms. The Kier molecular flexibility index (Phi) is 6.15. The molecular weight excluding hydrogens is 440 g/mol. The smallest absolute Gasteiger partial charge is 0.260 e. The summed E-state index contributed by atoms with van der Waals surface area (Å²) in [6, 6.07) is 12.4. The number of sulfone groups is 1. The molecule has 4 rings (SSSR count). The minimum atomic E-state index is -3.31. The molecule has 0 saturated carbocycles. The second kappa shape index (κ2) is 8.66. The van der Waals surface area contributed by atoms with Crippen molar-refractivity contribution < 1.29 is 17.9 Å². The highest BCUT2D eigenvalue weighted by molar-refractivity contribution is 7.98. The van der Waals surface area contributed by atoms with Gasteiger partial charge in [0.2, 0.25) is 0 Å². The summed E-state index contributed by atoms with van der Waals surface area (Å²) in [5.41, 5.74) is 1.26. The minimum absolute atomic E-state index is 0.0296. The third-order valence-electron chi connectivity index (χ3n) is 5.00. The Morgan fingerprint density at radius 1 is 1.27 bits per heavy atom. The molecule has 1 aromatic heterocycles. The molecule has 1 aliphatic rings. The number of amides is 1. The van der Waals surface area contributed by atoms with E-state index in [4.69, 9.17) is 4.74 Å². The predicted molar refractivity (Wildman–Crippen MR) is 122 cm³/mol. The summed E-state index contributed by atoms with van der Waals surface area (Å²) < 4.78 is 30.3. The fourth-order valence-electron chi connectivity index (χ4n) is 3.37. The Labute approximate surface area is 184 Å². The van der Waals surface area contributed by atoms with Crippen LogP contribution in [0, 0.1) is 0 Å². The minimum Gasteiger partial charge on any atom is -0.376 e. The van der Waals surface area contributed by atoms with Crippen molar-refractivity contribution in [1.29, 1.82) is 0 Å². The molecular formula is C21H22N2O4S3. The highest BCUT2D eigenvalue weighted by Crippen LogP contribution is 2.32. The number of hydrogen-bond acceptors (Lipinski definition) is 7. The molecule has 0 aliphatic carbocycles. The van der Waals surface area contributed by atoms with Crippen molar-refractivity contribution in [2.75, 3.05) is 30.6 Å². The second-order valence-corrected chi connectivity index (χ2v) is 11.1. The Morgan fingerprint density at radius 2 is 2.03 bits per heavy atom. The maximum absolute atomic E-state index is 13.4. The molecule has 0 N–H and O–H groups in total. The molecule has 1 aliphatic heterocycles. The van der Waals surface area contributed by atoms with Crippen molar-refractivity contribution in [1.82, 2.24) is 4.98 Å². The standard InChI is InChI=1S/C21H22N2O4S3/c1-28-16-7-5-14(6-8-16)20(24)23(13-15-4-3-11-27-15)21-22-18-10-9-17(30(2,25)26)12-19(18)29-21/h5-10,12,15H,3-4,11,13H2,1-2H3. The summed E-state index contributed by atoms with van der Waals surface area (Å²) in [5, 5.41) is 0.546. The van der Waals surface area contributed by atoms with E-state index in [-0.39, 0.29) is 16.9 Å². The summed E-state index contributed by atoms with van der Waals surface area (Å²) >= 11 is 2.94. The topological polar surface area (TPSA) is 76.6 Å². The number of nitrogens with zero attached hydrogens (tertiary/aromatic N) is 2. The van der Waals surface area contributed by atoms with Gasteiger partial charge in [0.05, 0.1) is 27.8 Å². The molecule has 1 amide bonds. The van der Waals surface area contributed by atoms with E-state index in [2.05, 4.69) is 4.98 Å². The molecule has 3 aromatic rings. The SMILES string of the molecule is CSc1ccc(C(=O)N(CC2CCCO2)c2nc3ccc(S(C)(=O)=O)cc3s2)cc1. The van der Waals surface area contributed by atoms with E-state index in [1.807, 2.05) is 30.5 Å². The highest BCUT2D eigenvalue weighted by Gasteiger charge is 2.27. The first-order valence-electron chi connectivity index (χ1n) is 9.53. The molecule has 0 bridgehead atoms. The largest absolute Gasteiger partial charge is 0.376 e. The lowest BCUT2D eigenvalue weighted by Crippen LogP contribution is -2.37. The average Bonchev–Trinajstić information content (AvgIpc) is 3.39. The highest BCUT2D eigenvalue weighted by atomic mass is 32.2. The molecule has 9 heteroatoms. The first-order valence-corrected chi connectivity index (χ1v) is 13.5. The van der Waals surface area contributed by atoms with Gasteiger partial charge < -0.3 is 4.74 Å². The van der Waals surface area contributed by atoms with Gasteiger partial charge in [0.1, 0.15) is 0 Å². The van der Waals surface area contributed by atoms with Crippen LogP contribution in [-0.2, 0) is 14.6 Å². The molecule has 158 valence electrons. The maximum atomic E-state index is 13.4. The van der Waals surface area contributed by atoms with Crippen LogP contribution in [0.3, 0.4) is 0 Å². The van der Waals surface area contributed by atoms with Gasteiger partial charge in [-0.2, -0.15) is 0 Å². The van der Waals surface area contributed by atoms with Crippen LogP contribution in [0.5, 0.6) is 0 Å². The molecule has 1 atom stereocenters. The molecule has 1 saturated heterocycles. The summed E-state index contributed by atoms with van der Waals surface area (Å²) in [5.74, 6) is -0.138. The Bertz CT molecular complexity index is 1170. The molecule has 0 spiro atoms. The van der Waals surface area contributed by atoms with Gasteiger partial charge >= 0.3 is 0 Å². The zero-order valence-corrected chi connectivity index (χ0v) is 19.1. The lowest BCUT2D eigenvalue weighted by molar-refractivity contribution is 0.0917. The average molecular weight is 463 g/mol. The Hall–Kier alpha value is -1.94. The molecule has 1 fully saturated rings. The molecule has 2 aromatic carbocycles. The first-order chi connectivity index (χ1) is 14.3. The summed E-state index contributed by atoms with van der Waals surface area (Å²) in [6.07, 6.45) is 5.03. The number of ether oxygens (including phenoxy) is 1. The van der Waals surface area contributed by atoms with Crippen molar-refractivity contribution in [3.05, 3.63) is 48.0 Å². The van der Waals surface area contributed by atoms with E-state index < -0.39 is 9.84 Å². The van der Waals surface area contributed by atoms with Crippen LogP contribution in [0.1, 0.15) is 23.2 Å². The van der Waals surface area contributed by atoms with E-state index in [1.165, 1.54) is 17.6 Å². The van der Waals surface area contributed by atoms with E-state index >= 15 is 0 Å². The van der Waals surface area contributed by atoms with Gasteiger partial charge in [0.25, 0.3) is 5.91 Å². The van der Waals surface area contributed by atoms with Gasteiger partial charge in [0, 0.05) is 23.3 Å². The monoisotopic (exact) mass is 462 g/mol. The maximum Gasteiger partial charge on any atom is 0.260 e. The van der Waals surface area contributed by atoms with Crippen molar-refractivity contribution in [2.45, 2.75) is 28.7 Å².